The average Bonchev–Trinajstić information content (AvgIpc) is 3.03. The van der Waals surface area contributed by atoms with Gasteiger partial charge in [0.05, 0.1) is 10.0 Å². The highest BCUT2D eigenvalue weighted by molar-refractivity contribution is 6.42. The predicted octanol–water partition coefficient (Wildman–Crippen LogP) is 5.68. The van der Waals surface area contributed by atoms with E-state index in [0.717, 1.165) is 25.2 Å². The molecule has 4 rings (SSSR count). The van der Waals surface area contributed by atoms with Crippen molar-refractivity contribution in [1.29, 1.82) is 0 Å². The third-order valence-electron chi connectivity index (χ3n) is 4.60. The van der Waals surface area contributed by atoms with Gasteiger partial charge in [0, 0.05) is 49.1 Å². The first-order chi connectivity index (χ1) is 13.2. The standard InChI is InChI=1S/C22H19Cl2N3/c23-20-6-5-17(11-21(20)24)14-27-15-18(19-3-1-2-4-22(19)27)13-26-12-16-7-9-25-10-8-16/h1-11,15,26H,12-14H2. The second-order valence-electron chi connectivity index (χ2n) is 6.51. The van der Waals surface area contributed by atoms with Crippen LogP contribution in [0.15, 0.2) is 73.2 Å². The number of benzene rings is 2. The predicted molar refractivity (Wildman–Crippen MR) is 112 cm³/mol. The summed E-state index contributed by atoms with van der Waals surface area (Å²) in [6, 6.07) is 18.3. The number of fused-ring (bicyclic) bond motifs is 1. The molecule has 0 unspecified atom stereocenters. The molecule has 0 spiro atoms. The zero-order valence-electron chi connectivity index (χ0n) is 14.7. The Balaban J connectivity index is 1.56. The fourth-order valence-corrected chi connectivity index (χ4v) is 3.59. The Morgan fingerprint density at radius 2 is 1.67 bits per heavy atom. The highest BCUT2D eigenvalue weighted by atomic mass is 35.5. The molecule has 0 bridgehead atoms. The minimum Gasteiger partial charge on any atom is -0.343 e. The molecule has 0 aliphatic heterocycles. The van der Waals surface area contributed by atoms with E-state index in [9.17, 15) is 0 Å². The van der Waals surface area contributed by atoms with Crippen LogP contribution in [0.5, 0.6) is 0 Å². The van der Waals surface area contributed by atoms with Crippen LogP contribution in [-0.2, 0) is 19.6 Å². The molecule has 0 aliphatic rings. The zero-order chi connectivity index (χ0) is 18.6. The second-order valence-corrected chi connectivity index (χ2v) is 7.32. The largest absolute Gasteiger partial charge is 0.343 e. The molecule has 136 valence electrons. The molecule has 5 heteroatoms. The number of aromatic nitrogens is 2. The van der Waals surface area contributed by atoms with Crippen molar-refractivity contribution >= 4 is 34.1 Å². The maximum atomic E-state index is 6.17. The number of nitrogens with one attached hydrogen (secondary N) is 1. The van der Waals surface area contributed by atoms with Crippen molar-refractivity contribution in [1.82, 2.24) is 14.9 Å². The maximum absolute atomic E-state index is 6.17. The molecular formula is C22H19Cl2N3. The Hall–Kier alpha value is -2.33. The van der Waals surface area contributed by atoms with Crippen LogP contribution in [0.25, 0.3) is 10.9 Å². The van der Waals surface area contributed by atoms with E-state index in [-0.39, 0.29) is 0 Å². The van der Waals surface area contributed by atoms with Crippen molar-refractivity contribution in [2.75, 3.05) is 0 Å². The number of hydrogen-bond donors (Lipinski definition) is 1. The third kappa shape index (κ3) is 4.16. The van der Waals surface area contributed by atoms with Gasteiger partial charge in [-0.3, -0.25) is 4.98 Å². The number of nitrogens with zero attached hydrogens (tertiary/aromatic N) is 2. The van der Waals surface area contributed by atoms with Gasteiger partial charge in [-0.25, -0.2) is 0 Å². The average molecular weight is 396 g/mol. The molecule has 2 heterocycles. The van der Waals surface area contributed by atoms with E-state index < -0.39 is 0 Å². The van der Waals surface area contributed by atoms with Crippen LogP contribution in [-0.4, -0.2) is 9.55 Å². The minimum atomic E-state index is 0.582. The minimum absolute atomic E-state index is 0.582. The van der Waals surface area contributed by atoms with Gasteiger partial charge in [0.25, 0.3) is 0 Å². The summed E-state index contributed by atoms with van der Waals surface area (Å²) in [5, 5.41) is 5.96. The van der Waals surface area contributed by atoms with Gasteiger partial charge in [-0.1, -0.05) is 47.5 Å². The summed E-state index contributed by atoms with van der Waals surface area (Å²) < 4.78 is 2.26. The van der Waals surface area contributed by atoms with E-state index in [0.29, 0.717) is 10.0 Å². The quantitative estimate of drug-likeness (QED) is 0.454. The first-order valence-corrected chi connectivity index (χ1v) is 9.56. The topological polar surface area (TPSA) is 29.9 Å². The van der Waals surface area contributed by atoms with Gasteiger partial charge >= 0.3 is 0 Å². The van der Waals surface area contributed by atoms with Gasteiger partial charge in [0.1, 0.15) is 0 Å². The Kier molecular flexibility index (Phi) is 5.44. The zero-order valence-corrected chi connectivity index (χ0v) is 16.2. The van der Waals surface area contributed by atoms with Gasteiger partial charge in [0.2, 0.25) is 0 Å². The second kappa shape index (κ2) is 8.13. The number of halogens is 2. The molecule has 0 aliphatic carbocycles. The summed E-state index contributed by atoms with van der Waals surface area (Å²) in [7, 11) is 0. The molecule has 0 saturated heterocycles. The van der Waals surface area contributed by atoms with E-state index >= 15 is 0 Å². The van der Waals surface area contributed by atoms with Gasteiger partial charge in [-0.05, 0) is 47.0 Å². The summed E-state index contributed by atoms with van der Waals surface area (Å²) in [5.41, 5.74) is 4.84. The van der Waals surface area contributed by atoms with Gasteiger partial charge in [-0.15, -0.1) is 0 Å². The molecule has 2 aromatic carbocycles. The molecule has 0 atom stereocenters. The van der Waals surface area contributed by atoms with Crippen LogP contribution in [0.4, 0.5) is 0 Å². The molecule has 0 radical (unpaired) electrons. The van der Waals surface area contributed by atoms with E-state index in [2.05, 4.69) is 45.3 Å². The van der Waals surface area contributed by atoms with Crippen molar-refractivity contribution in [3.8, 4) is 0 Å². The number of rotatable bonds is 6. The lowest BCUT2D eigenvalue weighted by Crippen LogP contribution is -2.12. The smallest absolute Gasteiger partial charge is 0.0595 e. The van der Waals surface area contributed by atoms with Crippen molar-refractivity contribution in [3.05, 3.63) is 99.9 Å². The Morgan fingerprint density at radius 1 is 0.852 bits per heavy atom. The Labute approximate surface area is 168 Å². The van der Waals surface area contributed by atoms with Crippen LogP contribution in [0.3, 0.4) is 0 Å². The monoisotopic (exact) mass is 395 g/mol. The molecule has 4 aromatic rings. The van der Waals surface area contributed by atoms with Crippen LogP contribution in [0, 0.1) is 0 Å². The molecular weight excluding hydrogens is 377 g/mol. The van der Waals surface area contributed by atoms with Gasteiger partial charge in [0.15, 0.2) is 0 Å². The normalized spacial score (nSPS) is 11.2. The SMILES string of the molecule is Clc1ccc(Cn2cc(CNCc3ccncc3)c3ccccc32)cc1Cl. The molecule has 0 saturated carbocycles. The van der Waals surface area contributed by atoms with Gasteiger partial charge < -0.3 is 9.88 Å². The molecule has 1 N–H and O–H groups in total. The van der Waals surface area contributed by atoms with E-state index in [1.54, 1.807) is 0 Å². The Morgan fingerprint density at radius 3 is 2.48 bits per heavy atom. The molecule has 2 aromatic heterocycles. The summed E-state index contributed by atoms with van der Waals surface area (Å²) >= 11 is 12.2. The van der Waals surface area contributed by atoms with Crippen molar-refractivity contribution in [2.24, 2.45) is 0 Å². The van der Waals surface area contributed by atoms with Crippen molar-refractivity contribution in [2.45, 2.75) is 19.6 Å². The highest BCUT2D eigenvalue weighted by Gasteiger charge is 2.09. The fourth-order valence-electron chi connectivity index (χ4n) is 3.27. The number of para-hydroxylation sites is 1. The summed E-state index contributed by atoms with van der Waals surface area (Å²) in [4.78, 5) is 4.06. The lowest BCUT2D eigenvalue weighted by Gasteiger charge is -2.07. The fraction of sp³-hybridized carbons (Fsp3) is 0.136. The van der Waals surface area contributed by atoms with E-state index in [4.69, 9.17) is 23.2 Å². The first-order valence-electron chi connectivity index (χ1n) is 8.81. The van der Waals surface area contributed by atoms with Crippen LogP contribution < -0.4 is 5.32 Å². The van der Waals surface area contributed by atoms with Crippen LogP contribution in [0.1, 0.15) is 16.7 Å². The van der Waals surface area contributed by atoms with E-state index in [1.165, 1.54) is 22.0 Å². The molecule has 0 amide bonds. The van der Waals surface area contributed by atoms with Crippen molar-refractivity contribution < 1.29 is 0 Å². The Bertz CT molecular complexity index is 1060. The summed E-state index contributed by atoms with van der Waals surface area (Å²) in [6.45, 7) is 2.37. The maximum Gasteiger partial charge on any atom is 0.0595 e. The van der Waals surface area contributed by atoms with E-state index in [1.807, 2.05) is 42.7 Å². The molecule has 3 nitrogen and oxygen atoms in total. The lowest BCUT2D eigenvalue weighted by atomic mass is 10.1. The molecule has 0 fully saturated rings. The summed E-state index contributed by atoms with van der Waals surface area (Å²) in [6.07, 6.45) is 5.85. The van der Waals surface area contributed by atoms with Crippen LogP contribution >= 0.6 is 23.2 Å². The number of pyridine rings is 1. The highest BCUT2D eigenvalue weighted by Crippen LogP contribution is 2.26. The first kappa shape index (κ1) is 18.1. The van der Waals surface area contributed by atoms with Crippen LogP contribution in [0.2, 0.25) is 10.0 Å². The van der Waals surface area contributed by atoms with Crippen molar-refractivity contribution in [3.63, 3.8) is 0 Å². The molecule has 27 heavy (non-hydrogen) atoms. The summed E-state index contributed by atoms with van der Waals surface area (Å²) in [5.74, 6) is 0. The lowest BCUT2D eigenvalue weighted by molar-refractivity contribution is 0.692. The van der Waals surface area contributed by atoms with Gasteiger partial charge in [-0.2, -0.15) is 0 Å². The third-order valence-corrected chi connectivity index (χ3v) is 5.34. The number of hydrogen-bond acceptors (Lipinski definition) is 2.